The van der Waals surface area contributed by atoms with Crippen LogP contribution in [0.4, 0.5) is 11.6 Å². The standard InChI is InChI=1S/C19H19N9O/c1-10(23-18-12(9-20)17(21)25-19(29)26-18)16-11(14-4-6-22-28(14)3)8-15-13(24-16)5-7-27(15)2/h4-8,10H,1-3H3,(H4,21,23,25,26,29). The summed E-state index contributed by atoms with van der Waals surface area (Å²) in [7, 11) is 3.83. The van der Waals surface area contributed by atoms with Crippen LogP contribution in [0.25, 0.3) is 22.3 Å². The van der Waals surface area contributed by atoms with Crippen LogP contribution in [0.5, 0.6) is 6.01 Å². The Hall–Kier alpha value is -4.13. The largest absolute Gasteiger partial charge is 0.479 e. The highest BCUT2D eigenvalue weighted by atomic mass is 16.3. The molecular formula is C19H19N9O. The maximum Gasteiger partial charge on any atom is 0.317 e. The molecule has 1 unspecified atom stereocenters. The van der Waals surface area contributed by atoms with E-state index in [0.717, 1.165) is 28.0 Å². The van der Waals surface area contributed by atoms with Crippen LogP contribution in [-0.2, 0) is 14.1 Å². The van der Waals surface area contributed by atoms with Crippen molar-refractivity contribution in [1.82, 2.24) is 29.3 Å². The predicted molar refractivity (Wildman–Crippen MR) is 108 cm³/mol. The first-order valence-corrected chi connectivity index (χ1v) is 8.86. The summed E-state index contributed by atoms with van der Waals surface area (Å²) in [4.78, 5) is 12.4. The van der Waals surface area contributed by atoms with Gasteiger partial charge in [-0.25, -0.2) is 4.98 Å². The van der Waals surface area contributed by atoms with Gasteiger partial charge in [0, 0.05) is 32.1 Å². The summed E-state index contributed by atoms with van der Waals surface area (Å²) < 4.78 is 3.78. The van der Waals surface area contributed by atoms with Gasteiger partial charge in [-0.05, 0) is 25.1 Å². The second kappa shape index (κ2) is 6.79. The third-order valence-electron chi connectivity index (χ3n) is 4.79. The van der Waals surface area contributed by atoms with E-state index in [1.54, 1.807) is 10.9 Å². The number of hydrogen-bond acceptors (Lipinski definition) is 8. The number of nitrogens with zero attached hydrogens (tertiary/aromatic N) is 7. The van der Waals surface area contributed by atoms with Crippen molar-refractivity contribution in [3.8, 4) is 23.3 Å². The molecule has 0 saturated carbocycles. The molecule has 0 saturated heterocycles. The van der Waals surface area contributed by atoms with Crippen LogP contribution in [0.2, 0.25) is 0 Å². The van der Waals surface area contributed by atoms with Crippen molar-refractivity contribution in [2.75, 3.05) is 11.1 Å². The number of nitrogen functional groups attached to an aromatic ring is 1. The lowest BCUT2D eigenvalue weighted by atomic mass is 10.0. The molecule has 0 fully saturated rings. The number of pyridine rings is 1. The number of fused-ring (bicyclic) bond motifs is 1. The Balaban J connectivity index is 1.85. The molecule has 0 aliphatic rings. The van der Waals surface area contributed by atoms with Gasteiger partial charge in [-0.3, -0.25) is 4.68 Å². The fourth-order valence-electron chi connectivity index (χ4n) is 3.33. The van der Waals surface area contributed by atoms with Crippen LogP contribution >= 0.6 is 0 Å². The number of rotatable bonds is 4. The lowest BCUT2D eigenvalue weighted by Gasteiger charge is -2.19. The van der Waals surface area contributed by atoms with E-state index < -0.39 is 6.01 Å². The molecule has 4 heterocycles. The summed E-state index contributed by atoms with van der Waals surface area (Å²) in [6.07, 6.45) is 3.67. The maximum atomic E-state index is 9.70. The van der Waals surface area contributed by atoms with Crippen molar-refractivity contribution >= 4 is 22.7 Å². The molecule has 0 amide bonds. The third-order valence-corrected chi connectivity index (χ3v) is 4.79. The first kappa shape index (κ1) is 18.2. The fourth-order valence-corrected chi connectivity index (χ4v) is 3.33. The highest BCUT2D eigenvalue weighted by molar-refractivity contribution is 5.82. The molecule has 10 heteroatoms. The minimum Gasteiger partial charge on any atom is -0.479 e. The van der Waals surface area contributed by atoms with Gasteiger partial charge in [0.05, 0.1) is 28.5 Å². The van der Waals surface area contributed by atoms with Gasteiger partial charge >= 0.3 is 6.01 Å². The van der Waals surface area contributed by atoms with Crippen LogP contribution in [-0.4, -0.2) is 34.4 Å². The van der Waals surface area contributed by atoms with Crippen LogP contribution < -0.4 is 11.1 Å². The predicted octanol–water partition coefficient (Wildman–Crippen LogP) is 2.10. The fraction of sp³-hybridized carbons (Fsp3) is 0.211. The maximum absolute atomic E-state index is 9.70. The first-order chi connectivity index (χ1) is 13.9. The van der Waals surface area contributed by atoms with Crippen LogP contribution in [0.3, 0.4) is 0 Å². The molecule has 0 spiro atoms. The first-order valence-electron chi connectivity index (χ1n) is 8.86. The molecule has 29 heavy (non-hydrogen) atoms. The molecule has 10 nitrogen and oxygen atoms in total. The van der Waals surface area contributed by atoms with Gasteiger partial charge in [0.25, 0.3) is 0 Å². The van der Waals surface area contributed by atoms with Gasteiger partial charge in [0.2, 0.25) is 0 Å². The van der Waals surface area contributed by atoms with Crippen LogP contribution in [0.15, 0.2) is 30.6 Å². The van der Waals surface area contributed by atoms with E-state index in [9.17, 15) is 10.4 Å². The zero-order valence-electron chi connectivity index (χ0n) is 16.1. The average molecular weight is 389 g/mol. The lowest BCUT2D eigenvalue weighted by molar-refractivity contribution is 0.432. The highest BCUT2D eigenvalue weighted by Gasteiger charge is 2.21. The molecule has 0 bridgehead atoms. The number of nitrogens with two attached hydrogens (primary N) is 1. The summed E-state index contributed by atoms with van der Waals surface area (Å²) in [6, 6.07) is 7.02. The van der Waals surface area contributed by atoms with Crippen molar-refractivity contribution in [1.29, 1.82) is 5.26 Å². The van der Waals surface area contributed by atoms with E-state index in [1.807, 2.05) is 50.0 Å². The number of anilines is 2. The highest BCUT2D eigenvalue weighted by Crippen LogP contribution is 2.32. The van der Waals surface area contributed by atoms with E-state index in [2.05, 4.69) is 26.4 Å². The summed E-state index contributed by atoms with van der Waals surface area (Å²) >= 11 is 0. The van der Waals surface area contributed by atoms with E-state index in [1.165, 1.54) is 0 Å². The van der Waals surface area contributed by atoms with Crippen molar-refractivity contribution < 1.29 is 5.11 Å². The van der Waals surface area contributed by atoms with E-state index in [-0.39, 0.29) is 23.2 Å². The molecule has 4 N–H and O–H groups in total. The number of nitrogens with one attached hydrogen (secondary N) is 1. The van der Waals surface area contributed by atoms with E-state index in [0.29, 0.717) is 0 Å². The third kappa shape index (κ3) is 3.08. The molecule has 0 aromatic carbocycles. The SMILES string of the molecule is CC(Nc1nc(O)nc(N)c1C#N)c1nc2ccn(C)c2cc1-c1ccnn1C. The van der Waals surface area contributed by atoms with Gasteiger partial charge < -0.3 is 20.7 Å². The van der Waals surface area contributed by atoms with Gasteiger partial charge in [-0.2, -0.15) is 20.3 Å². The Morgan fingerprint density at radius 3 is 2.72 bits per heavy atom. The topological polar surface area (TPSA) is 143 Å². The van der Waals surface area contributed by atoms with Gasteiger partial charge in [0.15, 0.2) is 11.6 Å². The van der Waals surface area contributed by atoms with Gasteiger partial charge in [-0.1, -0.05) is 0 Å². The van der Waals surface area contributed by atoms with Crippen molar-refractivity contribution in [2.24, 2.45) is 14.1 Å². The summed E-state index contributed by atoms with van der Waals surface area (Å²) in [5.74, 6) is 0.0592. The average Bonchev–Trinajstić information content (AvgIpc) is 3.26. The Morgan fingerprint density at radius 1 is 1.24 bits per heavy atom. The second-order valence-electron chi connectivity index (χ2n) is 6.70. The van der Waals surface area contributed by atoms with Gasteiger partial charge in [-0.15, -0.1) is 0 Å². The number of aromatic nitrogens is 6. The van der Waals surface area contributed by atoms with Crippen molar-refractivity contribution in [3.05, 3.63) is 41.9 Å². The summed E-state index contributed by atoms with van der Waals surface area (Å²) in [6.45, 7) is 1.90. The van der Waals surface area contributed by atoms with E-state index in [4.69, 9.17) is 10.7 Å². The quantitative estimate of drug-likeness (QED) is 0.481. The Morgan fingerprint density at radius 2 is 2.03 bits per heavy atom. The Labute approximate surface area is 166 Å². The molecular weight excluding hydrogens is 370 g/mol. The minimum absolute atomic E-state index is 0.0672. The molecule has 146 valence electrons. The van der Waals surface area contributed by atoms with Crippen LogP contribution in [0.1, 0.15) is 24.2 Å². The number of hydrogen-bond donors (Lipinski definition) is 3. The second-order valence-corrected chi connectivity index (χ2v) is 6.70. The summed E-state index contributed by atoms with van der Waals surface area (Å²) in [5, 5.41) is 26.5. The summed E-state index contributed by atoms with van der Waals surface area (Å²) in [5.41, 5.74) is 10.2. The number of aryl methyl sites for hydroxylation is 2. The zero-order chi connectivity index (χ0) is 20.7. The molecule has 0 radical (unpaired) electrons. The lowest BCUT2D eigenvalue weighted by Crippen LogP contribution is -2.14. The monoisotopic (exact) mass is 389 g/mol. The molecule has 4 aromatic rings. The Kier molecular flexibility index (Phi) is 4.27. The van der Waals surface area contributed by atoms with Crippen molar-refractivity contribution in [2.45, 2.75) is 13.0 Å². The molecule has 1 atom stereocenters. The Bertz CT molecular complexity index is 1260. The number of aromatic hydroxyl groups is 1. The van der Waals surface area contributed by atoms with Crippen LogP contribution in [0, 0.1) is 11.3 Å². The van der Waals surface area contributed by atoms with Gasteiger partial charge in [0.1, 0.15) is 11.6 Å². The molecule has 0 aliphatic carbocycles. The number of nitriles is 1. The van der Waals surface area contributed by atoms with E-state index >= 15 is 0 Å². The minimum atomic E-state index is -0.505. The smallest absolute Gasteiger partial charge is 0.317 e. The zero-order valence-corrected chi connectivity index (χ0v) is 16.1. The molecule has 4 rings (SSSR count). The van der Waals surface area contributed by atoms with Crippen molar-refractivity contribution in [3.63, 3.8) is 0 Å². The molecule has 4 aromatic heterocycles. The normalized spacial score (nSPS) is 12.1. The molecule has 0 aliphatic heterocycles.